The highest BCUT2D eigenvalue weighted by molar-refractivity contribution is 8.00. The highest BCUT2D eigenvalue weighted by atomic mass is 35.5. The Labute approximate surface area is 147 Å². The zero-order valence-corrected chi connectivity index (χ0v) is 14.2. The molecule has 2 amide bonds. The van der Waals surface area contributed by atoms with E-state index in [4.69, 9.17) is 28.9 Å². The van der Waals surface area contributed by atoms with Crippen LogP contribution in [0.4, 0.5) is 11.4 Å². The van der Waals surface area contributed by atoms with Crippen molar-refractivity contribution in [3.8, 4) is 0 Å². The number of nitrogens with two attached hydrogens (primary N) is 1. The highest BCUT2D eigenvalue weighted by Gasteiger charge is 2.40. The number of benzene rings is 2. The van der Waals surface area contributed by atoms with Crippen molar-refractivity contribution in [3.63, 3.8) is 0 Å². The van der Waals surface area contributed by atoms with Crippen LogP contribution in [0.15, 0.2) is 47.4 Å². The van der Waals surface area contributed by atoms with Crippen molar-refractivity contribution in [2.24, 2.45) is 0 Å². The number of carbonyl (C=O) groups excluding carboxylic acids is 2. The lowest BCUT2D eigenvalue weighted by Gasteiger charge is -2.16. The van der Waals surface area contributed by atoms with Gasteiger partial charge in [0, 0.05) is 22.0 Å². The van der Waals surface area contributed by atoms with Crippen LogP contribution in [0.2, 0.25) is 10.0 Å². The lowest BCUT2D eigenvalue weighted by Crippen LogP contribution is -2.31. The van der Waals surface area contributed by atoms with Crippen molar-refractivity contribution in [2.75, 3.05) is 10.6 Å². The maximum atomic E-state index is 12.6. The van der Waals surface area contributed by atoms with Crippen molar-refractivity contribution in [3.05, 3.63) is 52.5 Å². The van der Waals surface area contributed by atoms with Gasteiger partial charge < -0.3 is 5.73 Å². The van der Waals surface area contributed by atoms with Crippen LogP contribution in [0, 0.1) is 0 Å². The summed E-state index contributed by atoms with van der Waals surface area (Å²) in [7, 11) is 0. The van der Waals surface area contributed by atoms with Crippen LogP contribution in [0.3, 0.4) is 0 Å². The molecule has 2 N–H and O–H groups in total. The minimum absolute atomic E-state index is 0.122. The standard InChI is InChI=1S/C16H12Cl2N2O2S/c17-9-1-6-12(18)13(7-9)20-15(21)8-14(16(20)22)23-11-4-2-10(19)3-5-11/h1-7,14H,8,19H2/t14-/m0/s1. The van der Waals surface area contributed by atoms with Crippen molar-refractivity contribution in [1.29, 1.82) is 0 Å². The third kappa shape index (κ3) is 3.32. The van der Waals surface area contributed by atoms with Gasteiger partial charge in [0.25, 0.3) is 0 Å². The maximum Gasteiger partial charge on any atom is 0.247 e. The fourth-order valence-electron chi connectivity index (χ4n) is 2.32. The molecule has 0 saturated carbocycles. The van der Waals surface area contributed by atoms with Crippen LogP contribution in [0.25, 0.3) is 0 Å². The highest BCUT2D eigenvalue weighted by Crippen LogP contribution is 2.37. The van der Waals surface area contributed by atoms with Gasteiger partial charge in [-0.3, -0.25) is 9.59 Å². The van der Waals surface area contributed by atoms with Crippen molar-refractivity contribution in [2.45, 2.75) is 16.6 Å². The van der Waals surface area contributed by atoms with Gasteiger partial charge in [-0.25, -0.2) is 4.90 Å². The van der Waals surface area contributed by atoms with E-state index in [0.29, 0.717) is 21.4 Å². The monoisotopic (exact) mass is 366 g/mol. The molecule has 1 atom stereocenters. The van der Waals surface area contributed by atoms with E-state index < -0.39 is 5.25 Å². The molecule has 0 spiro atoms. The number of nitrogen functional groups attached to an aromatic ring is 1. The fourth-order valence-corrected chi connectivity index (χ4v) is 3.74. The molecule has 118 valence electrons. The molecule has 1 saturated heterocycles. The van der Waals surface area contributed by atoms with Crippen LogP contribution >= 0.6 is 35.0 Å². The molecule has 0 bridgehead atoms. The van der Waals surface area contributed by atoms with E-state index in [-0.39, 0.29) is 18.2 Å². The second-order valence-electron chi connectivity index (χ2n) is 5.04. The summed E-state index contributed by atoms with van der Waals surface area (Å²) in [5.74, 6) is -0.576. The fraction of sp³-hybridized carbons (Fsp3) is 0.125. The number of nitrogens with zero attached hydrogens (tertiary/aromatic N) is 1. The summed E-state index contributed by atoms with van der Waals surface area (Å²) < 4.78 is 0. The average molecular weight is 367 g/mol. The number of rotatable bonds is 3. The summed E-state index contributed by atoms with van der Waals surface area (Å²) in [5, 5.41) is 0.245. The predicted molar refractivity (Wildman–Crippen MR) is 94.1 cm³/mol. The first kappa shape index (κ1) is 16.2. The number of anilines is 2. The molecule has 0 aromatic heterocycles. The summed E-state index contributed by atoms with van der Waals surface area (Å²) in [6.45, 7) is 0. The summed E-state index contributed by atoms with van der Waals surface area (Å²) in [6.07, 6.45) is 0.122. The van der Waals surface area contributed by atoms with Gasteiger partial charge in [-0.1, -0.05) is 23.2 Å². The van der Waals surface area contributed by atoms with Crippen molar-refractivity contribution in [1.82, 2.24) is 0 Å². The minimum Gasteiger partial charge on any atom is -0.399 e. The first-order valence-electron chi connectivity index (χ1n) is 6.80. The molecule has 23 heavy (non-hydrogen) atoms. The van der Waals surface area contributed by atoms with Gasteiger partial charge >= 0.3 is 0 Å². The van der Waals surface area contributed by atoms with E-state index in [2.05, 4.69) is 0 Å². The van der Waals surface area contributed by atoms with E-state index in [1.807, 2.05) is 12.1 Å². The first-order valence-corrected chi connectivity index (χ1v) is 8.43. The van der Waals surface area contributed by atoms with Crippen LogP contribution in [0.1, 0.15) is 6.42 Å². The Kier molecular flexibility index (Phi) is 4.53. The molecule has 1 aliphatic rings. The Hall–Kier alpha value is -1.69. The van der Waals surface area contributed by atoms with Gasteiger partial charge in [-0.15, -0.1) is 11.8 Å². The molecule has 0 radical (unpaired) electrons. The second kappa shape index (κ2) is 6.43. The van der Waals surface area contributed by atoms with Gasteiger partial charge in [-0.2, -0.15) is 0 Å². The van der Waals surface area contributed by atoms with Crippen molar-refractivity contribution >= 4 is 58.2 Å². The zero-order chi connectivity index (χ0) is 16.6. The Balaban J connectivity index is 1.85. The Morgan fingerprint density at radius 2 is 1.78 bits per heavy atom. The number of hydrogen-bond acceptors (Lipinski definition) is 4. The predicted octanol–water partition coefficient (Wildman–Crippen LogP) is 4.00. The number of amides is 2. The van der Waals surface area contributed by atoms with E-state index >= 15 is 0 Å². The number of imide groups is 1. The third-order valence-electron chi connectivity index (χ3n) is 3.41. The van der Waals surface area contributed by atoms with Gasteiger partial charge in [0.05, 0.1) is 16.0 Å². The van der Waals surface area contributed by atoms with E-state index in [1.54, 1.807) is 24.3 Å². The number of thioether (sulfide) groups is 1. The Morgan fingerprint density at radius 1 is 1.09 bits per heavy atom. The van der Waals surface area contributed by atoms with Crippen molar-refractivity contribution < 1.29 is 9.59 Å². The number of carbonyl (C=O) groups is 2. The summed E-state index contributed by atoms with van der Waals surface area (Å²) in [4.78, 5) is 26.9. The summed E-state index contributed by atoms with van der Waals surface area (Å²) in [6, 6.07) is 11.9. The molecule has 4 nitrogen and oxygen atoms in total. The van der Waals surface area contributed by atoms with Gasteiger partial charge in [0.15, 0.2) is 0 Å². The molecular weight excluding hydrogens is 355 g/mol. The summed E-state index contributed by atoms with van der Waals surface area (Å²) >= 11 is 13.4. The quantitative estimate of drug-likeness (QED) is 0.658. The second-order valence-corrected chi connectivity index (χ2v) is 7.16. The third-order valence-corrected chi connectivity index (χ3v) is 5.16. The Morgan fingerprint density at radius 3 is 2.48 bits per heavy atom. The van der Waals surface area contributed by atoms with E-state index in [0.717, 1.165) is 9.80 Å². The average Bonchev–Trinajstić information content (AvgIpc) is 2.78. The molecule has 7 heteroatoms. The van der Waals surface area contributed by atoms with E-state index in [1.165, 1.54) is 17.8 Å². The largest absolute Gasteiger partial charge is 0.399 e. The summed E-state index contributed by atoms with van der Waals surface area (Å²) in [5.41, 5.74) is 6.62. The molecule has 1 fully saturated rings. The van der Waals surface area contributed by atoms with Crippen LogP contribution in [-0.2, 0) is 9.59 Å². The normalized spacial score (nSPS) is 17.8. The molecule has 1 aliphatic heterocycles. The first-order chi connectivity index (χ1) is 11.0. The molecule has 3 rings (SSSR count). The van der Waals surface area contributed by atoms with Gasteiger partial charge in [-0.05, 0) is 42.5 Å². The van der Waals surface area contributed by atoms with Crippen LogP contribution in [-0.4, -0.2) is 17.1 Å². The molecule has 0 aliphatic carbocycles. The van der Waals surface area contributed by atoms with Gasteiger partial charge in [0.1, 0.15) is 0 Å². The SMILES string of the molecule is Nc1ccc(S[C@H]2CC(=O)N(c3cc(Cl)ccc3Cl)C2=O)cc1. The van der Waals surface area contributed by atoms with Crippen LogP contribution < -0.4 is 10.6 Å². The molecular formula is C16H12Cl2N2O2S. The molecule has 1 heterocycles. The Bertz CT molecular complexity index is 780. The van der Waals surface area contributed by atoms with E-state index in [9.17, 15) is 9.59 Å². The minimum atomic E-state index is -0.485. The lowest BCUT2D eigenvalue weighted by molar-refractivity contribution is -0.121. The molecule has 0 unspecified atom stereocenters. The lowest BCUT2D eigenvalue weighted by atomic mass is 10.3. The number of hydrogen-bond donors (Lipinski definition) is 1. The molecule has 2 aromatic rings. The number of halogens is 2. The van der Waals surface area contributed by atoms with Crippen LogP contribution in [0.5, 0.6) is 0 Å². The topological polar surface area (TPSA) is 63.4 Å². The smallest absolute Gasteiger partial charge is 0.247 e. The van der Waals surface area contributed by atoms with Gasteiger partial charge in [0.2, 0.25) is 11.8 Å². The maximum absolute atomic E-state index is 12.6. The molecule has 2 aromatic carbocycles. The zero-order valence-electron chi connectivity index (χ0n) is 11.8.